The topological polar surface area (TPSA) is 69.6 Å². The number of hydrogen-bond acceptors (Lipinski definition) is 3. The molecule has 0 heterocycles. The lowest BCUT2D eigenvalue weighted by atomic mass is 9.97. The summed E-state index contributed by atoms with van der Waals surface area (Å²) in [6.07, 6.45) is 3.84. The van der Waals surface area contributed by atoms with E-state index >= 15 is 0 Å². The highest BCUT2D eigenvalue weighted by Crippen LogP contribution is 2.29. The van der Waals surface area contributed by atoms with Gasteiger partial charge in [-0.2, -0.15) is 0 Å². The van der Waals surface area contributed by atoms with E-state index in [4.69, 9.17) is 0 Å². The third kappa shape index (κ3) is 3.80. The second-order valence-corrected chi connectivity index (χ2v) is 5.18. The summed E-state index contributed by atoms with van der Waals surface area (Å²) < 4.78 is 0. The Balaban J connectivity index is 2.49. The van der Waals surface area contributed by atoms with Gasteiger partial charge in [-0.25, -0.2) is 0 Å². The lowest BCUT2D eigenvalue weighted by Gasteiger charge is -2.29. The van der Waals surface area contributed by atoms with Crippen molar-refractivity contribution >= 4 is 5.91 Å². The molecule has 0 aromatic rings. The van der Waals surface area contributed by atoms with Gasteiger partial charge in [0.1, 0.15) is 0 Å². The van der Waals surface area contributed by atoms with E-state index in [0.717, 1.165) is 25.7 Å². The maximum Gasteiger partial charge on any atom is 0.223 e. The van der Waals surface area contributed by atoms with Gasteiger partial charge in [-0.05, 0) is 26.7 Å². The van der Waals surface area contributed by atoms with Crippen LogP contribution in [-0.2, 0) is 4.79 Å². The van der Waals surface area contributed by atoms with Gasteiger partial charge in [0.15, 0.2) is 0 Å². The average molecular weight is 215 g/mol. The molecule has 1 saturated carbocycles. The summed E-state index contributed by atoms with van der Waals surface area (Å²) in [6.45, 7) is 3.20. The SMILES string of the molecule is CC(C)(O)CC(=O)NC1(CO)CCCC1. The summed E-state index contributed by atoms with van der Waals surface area (Å²) in [6, 6.07) is 0. The van der Waals surface area contributed by atoms with Crippen LogP contribution >= 0.6 is 0 Å². The Morgan fingerprint density at radius 1 is 1.40 bits per heavy atom. The fourth-order valence-corrected chi connectivity index (χ4v) is 2.11. The van der Waals surface area contributed by atoms with E-state index in [0.29, 0.717) is 0 Å². The minimum Gasteiger partial charge on any atom is -0.394 e. The van der Waals surface area contributed by atoms with Crippen LogP contribution in [0.3, 0.4) is 0 Å². The summed E-state index contributed by atoms with van der Waals surface area (Å²) in [5.41, 5.74) is -1.42. The Bertz CT molecular complexity index is 226. The number of rotatable bonds is 4. The first-order chi connectivity index (χ1) is 6.87. The Hall–Kier alpha value is -0.610. The van der Waals surface area contributed by atoms with Crippen molar-refractivity contribution < 1.29 is 15.0 Å². The molecule has 1 amide bonds. The van der Waals surface area contributed by atoms with Gasteiger partial charge in [0.2, 0.25) is 5.91 Å². The Morgan fingerprint density at radius 3 is 2.33 bits per heavy atom. The molecule has 4 nitrogen and oxygen atoms in total. The van der Waals surface area contributed by atoms with Crippen LogP contribution < -0.4 is 5.32 Å². The van der Waals surface area contributed by atoms with Crippen LogP contribution in [0.2, 0.25) is 0 Å². The van der Waals surface area contributed by atoms with Crippen LogP contribution in [0.4, 0.5) is 0 Å². The van der Waals surface area contributed by atoms with Crippen molar-refractivity contribution in [2.24, 2.45) is 0 Å². The molecule has 0 atom stereocenters. The van der Waals surface area contributed by atoms with Crippen molar-refractivity contribution in [3.63, 3.8) is 0 Å². The average Bonchev–Trinajstić information content (AvgIpc) is 2.50. The van der Waals surface area contributed by atoms with Gasteiger partial charge in [0, 0.05) is 0 Å². The van der Waals surface area contributed by atoms with E-state index in [-0.39, 0.29) is 18.9 Å². The Labute approximate surface area is 90.7 Å². The minimum absolute atomic E-state index is 0.00933. The second kappa shape index (κ2) is 4.49. The molecule has 1 aliphatic rings. The van der Waals surface area contributed by atoms with Gasteiger partial charge in [-0.15, -0.1) is 0 Å². The van der Waals surface area contributed by atoms with Crippen molar-refractivity contribution in [3.05, 3.63) is 0 Å². The first-order valence-electron chi connectivity index (χ1n) is 5.51. The van der Waals surface area contributed by atoms with E-state index in [1.807, 2.05) is 0 Å². The first-order valence-corrected chi connectivity index (χ1v) is 5.51. The maximum absolute atomic E-state index is 11.6. The molecule has 1 rings (SSSR count). The molecule has 0 spiro atoms. The number of amides is 1. The van der Waals surface area contributed by atoms with Crippen LogP contribution in [0.1, 0.15) is 46.0 Å². The zero-order valence-corrected chi connectivity index (χ0v) is 9.55. The quantitative estimate of drug-likeness (QED) is 0.642. The van der Waals surface area contributed by atoms with Crippen LogP contribution in [0.5, 0.6) is 0 Å². The fraction of sp³-hybridized carbons (Fsp3) is 0.909. The van der Waals surface area contributed by atoms with Crippen LogP contribution in [0.15, 0.2) is 0 Å². The standard InChI is InChI=1S/C11H21NO3/c1-10(2,15)7-9(14)12-11(8-13)5-3-4-6-11/h13,15H,3-8H2,1-2H3,(H,12,14). The van der Waals surface area contributed by atoms with Crippen molar-refractivity contribution in [2.45, 2.75) is 57.1 Å². The number of carbonyl (C=O) groups is 1. The molecule has 15 heavy (non-hydrogen) atoms. The molecule has 0 saturated heterocycles. The van der Waals surface area contributed by atoms with Gasteiger partial charge in [-0.3, -0.25) is 4.79 Å². The summed E-state index contributed by atoms with van der Waals surface area (Å²) in [7, 11) is 0. The molecule has 0 aliphatic heterocycles. The molecule has 0 aromatic heterocycles. The van der Waals surface area contributed by atoms with Gasteiger partial charge < -0.3 is 15.5 Å². The van der Waals surface area contributed by atoms with E-state index in [1.165, 1.54) is 0 Å². The highest BCUT2D eigenvalue weighted by molar-refractivity contribution is 5.77. The maximum atomic E-state index is 11.6. The summed E-state index contributed by atoms with van der Waals surface area (Å²) >= 11 is 0. The van der Waals surface area contributed by atoms with Gasteiger partial charge in [-0.1, -0.05) is 12.8 Å². The van der Waals surface area contributed by atoms with Crippen molar-refractivity contribution in [3.8, 4) is 0 Å². The summed E-state index contributed by atoms with van der Waals surface area (Å²) in [5, 5.41) is 21.6. The fourth-order valence-electron chi connectivity index (χ4n) is 2.11. The molecule has 1 fully saturated rings. The highest BCUT2D eigenvalue weighted by atomic mass is 16.3. The monoisotopic (exact) mass is 215 g/mol. The largest absolute Gasteiger partial charge is 0.394 e. The molecule has 0 unspecified atom stereocenters. The molecule has 3 N–H and O–H groups in total. The van der Waals surface area contributed by atoms with Crippen LogP contribution in [0.25, 0.3) is 0 Å². The second-order valence-electron chi connectivity index (χ2n) is 5.18. The van der Waals surface area contributed by atoms with E-state index in [9.17, 15) is 15.0 Å². The third-order valence-electron chi connectivity index (χ3n) is 2.86. The zero-order valence-electron chi connectivity index (χ0n) is 9.55. The van der Waals surface area contributed by atoms with E-state index < -0.39 is 11.1 Å². The van der Waals surface area contributed by atoms with Crippen molar-refractivity contribution in [1.82, 2.24) is 5.32 Å². The molecular formula is C11H21NO3. The predicted octanol–water partition coefficient (Wildman–Crippen LogP) is 0.569. The third-order valence-corrected chi connectivity index (χ3v) is 2.86. The molecule has 1 aliphatic carbocycles. The normalized spacial score (nSPS) is 20.3. The van der Waals surface area contributed by atoms with Gasteiger partial charge in [0.25, 0.3) is 0 Å². The molecule has 0 aromatic carbocycles. The van der Waals surface area contributed by atoms with Gasteiger partial charge >= 0.3 is 0 Å². The van der Waals surface area contributed by atoms with E-state index in [2.05, 4.69) is 5.32 Å². The molecule has 88 valence electrons. The number of aliphatic hydroxyl groups excluding tert-OH is 1. The number of hydrogen-bond donors (Lipinski definition) is 3. The minimum atomic E-state index is -0.987. The lowest BCUT2D eigenvalue weighted by Crippen LogP contribution is -2.50. The first kappa shape index (κ1) is 12.5. The summed E-state index contributed by atoms with van der Waals surface area (Å²) in [5.74, 6) is -0.182. The van der Waals surface area contributed by atoms with Gasteiger partial charge in [0.05, 0.1) is 24.2 Å². The molecule has 0 bridgehead atoms. The number of nitrogens with one attached hydrogen (secondary N) is 1. The zero-order chi connectivity index (χ0) is 11.5. The molecular weight excluding hydrogens is 194 g/mol. The number of aliphatic hydroxyl groups is 2. The number of carbonyl (C=O) groups excluding carboxylic acids is 1. The lowest BCUT2D eigenvalue weighted by molar-refractivity contribution is -0.127. The highest BCUT2D eigenvalue weighted by Gasteiger charge is 2.35. The Morgan fingerprint density at radius 2 is 1.93 bits per heavy atom. The summed E-state index contributed by atoms with van der Waals surface area (Å²) in [4.78, 5) is 11.6. The predicted molar refractivity (Wildman–Crippen MR) is 57.3 cm³/mol. The van der Waals surface area contributed by atoms with Crippen molar-refractivity contribution in [1.29, 1.82) is 0 Å². The Kier molecular flexibility index (Phi) is 3.73. The van der Waals surface area contributed by atoms with E-state index in [1.54, 1.807) is 13.8 Å². The van der Waals surface area contributed by atoms with Crippen LogP contribution in [0, 0.1) is 0 Å². The van der Waals surface area contributed by atoms with Crippen LogP contribution in [-0.4, -0.2) is 33.9 Å². The molecule has 0 radical (unpaired) electrons. The smallest absolute Gasteiger partial charge is 0.223 e. The molecule has 4 heteroatoms. The van der Waals surface area contributed by atoms with Crippen molar-refractivity contribution in [2.75, 3.05) is 6.61 Å².